The van der Waals surface area contributed by atoms with E-state index in [2.05, 4.69) is 13.8 Å². The summed E-state index contributed by atoms with van der Waals surface area (Å²) in [5, 5.41) is 49.8. The number of hydrogen-bond acceptors (Lipinski definition) is 6. The Kier molecular flexibility index (Phi) is 20.5. The molecular formula is C24H50O6. The summed E-state index contributed by atoms with van der Waals surface area (Å²) in [6.07, 6.45) is 9.98. The van der Waals surface area contributed by atoms with Crippen LogP contribution in [0.25, 0.3) is 0 Å². The minimum absolute atomic E-state index is 0.394. The van der Waals surface area contributed by atoms with Crippen LogP contribution < -0.4 is 0 Å². The zero-order chi connectivity index (χ0) is 22.6. The third kappa shape index (κ3) is 14.7. The number of unbranched alkanes of at least 4 members (excludes halogenated alkanes) is 12. The Morgan fingerprint density at radius 1 is 0.567 bits per heavy atom. The van der Waals surface area contributed by atoms with Crippen molar-refractivity contribution in [1.29, 1.82) is 0 Å². The molecule has 30 heavy (non-hydrogen) atoms. The van der Waals surface area contributed by atoms with Gasteiger partial charge in [0.15, 0.2) is 0 Å². The standard InChI is InChI=1S/C24H50O6/c1-3-5-7-9-11-13-15-17-20(26)24(23(29)22(28)21(27)19-25)30-18-16-14-12-10-8-6-4-2/h20-29H,3-19H2,1-2H3. The molecule has 0 amide bonds. The van der Waals surface area contributed by atoms with Crippen molar-refractivity contribution in [2.24, 2.45) is 0 Å². The van der Waals surface area contributed by atoms with Gasteiger partial charge in [-0.1, -0.05) is 97.3 Å². The maximum atomic E-state index is 10.6. The van der Waals surface area contributed by atoms with Crippen LogP contribution in [0.3, 0.4) is 0 Å². The fourth-order valence-electron chi connectivity index (χ4n) is 3.72. The van der Waals surface area contributed by atoms with Crippen LogP contribution in [0.15, 0.2) is 0 Å². The van der Waals surface area contributed by atoms with E-state index in [9.17, 15) is 20.4 Å². The average Bonchev–Trinajstić information content (AvgIpc) is 2.75. The highest BCUT2D eigenvalue weighted by Gasteiger charge is 2.35. The van der Waals surface area contributed by atoms with E-state index >= 15 is 0 Å². The van der Waals surface area contributed by atoms with Crippen molar-refractivity contribution in [3.63, 3.8) is 0 Å². The second-order valence-corrected chi connectivity index (χ2v) is 8.67. The molecule has 0 aliphatic heterocycles. The molecule has 0 spiro atoms. The van der Waals surface area contributed by atoms with Gasteiger partial charge in [-0.2, -0.15) is 0 Å². The van der Waals surface area contributed by atoms with Crippen LogP contribution in [-0.4, -0.2) is 69.3 Å². The quantitative estimate of drug-likeness (QED) is 0.166. The molecule has 0 saturated carbocycles. The Labute approximate surface area is 184 Å². The van der Waals surface area contributed by atoms with Crippen molar-refractivity contribution < 1.29 is 30.3 Å². The van der Waals surface area contributed by atoms with E-state index < -0.39 is 37.1 Å². The predicted molar refractivity (Wildman–Crippen MR) is 121 cm³/mol. The van der Waals surface area contributed by atoms with Gasteiger partial charge in [0.25, 0.3) is 0 Å². The Bertz CT molecular complexity index is 355. The fraction of sp³-hybridized carbons (Fsp3) is 1.00. The van der Waals surface area contributed by atoms with Gasteiger partial charge >= 0.3 is 0 Å². The van der Waals surface area contributed by atoms with Crippen molar-refractivity contribution in [2.45, 2.75) is 141 Å². The minimum Gasteiger partial charge on any atom is -0.394 e. The smallest absolute Gasteiger partial charge is 0.112 e. The minimum atomic E-state index is -1.56. The highest BCUT2D eigenvalue weighted by molar-refractivity contribution is 4.86. The molecule has 6 heteroatoms. The van der Waals surface area contributed by atoms with Crippen molar-refractivity contribution in [2.75, 3.05) is 13.2 Å². The molecule has 182 valence electrons. The van der Waals surface area contributed by atoms with E-state index in [1.54, 1.807) is 0 Å². The van der Waals surface area contributed by atoms with E-state index in [0.717, 1.165) is 38.5 Å². The topological polar surface area (TPSA) is 110 Å². The number of rotatable bonds is 22. The molecule has 0 heterocycles. The molecule has 0 fully saturated rings. The first-order valence-corrected chi connectivity index (χ1v) is 12.4. The van der Waals surface area contributed by atoms with Gasteiger partial charge in [0, 0.05) is 6.61 Å². The highest BCUT2D eigenvalue weighted by atomic mass is 16.5. The maximum Gasteiger partial charge on any atom is 0.112 e. The van der Waals surface area contributed by atoms with Gasteiger partial charge in [0.1, 0.15) is 24.4 Å². The van der Waals surface area contributed by atoms with Crippen LogP contribution in [0.5, 0.6) is 0 Å². The molecule has 5 atom stereocenters. The van der Waals surface area contributed by atoms with Crippen molar-refractivity contribution in [3.05, 3.63) is 0 Å². The first-order chi connectivity index (χ1) is 14.5. The summed E-state index contributed by atoms with van der Waals surface area (Å²) >= 11 is 0. The van der Waals surface area contributed by atoms with E-state index in [1.165, 1.54) is 51.4 Å². The molecule has 0 radical (unpaired) electrons. The van der Waals surface area contributed by atoms with E-state index in [-0.39, 0.29) is 0 Å². The van der Waals surface area contributed by atoms with Gasteiger partial charge in [-0.15, -0.1) is 0 Å². The van der Waals surface area contributed by atoms with Gasteiger partial charge in [0.05, 0.1) is 12.7 Å². The predicted octanol–water partition coefficient (Wildman–Crippen LogP) is 3.70. The van der Waals surface area contributed by atoms with Crippen molar-refractivity contribution in [3.8, 4) is 0 Å². The molecule has 0 aliphatic carbocycles. The summed E-state index contributed by atoms with van der Waals surface area (Å²) in [7, 11) is 0. The second kappa shape index (κ2) is 20.7. The van der Waals surface area contributed by atoms with Crippen molar-refractivity contribution >= 4 is 0 Å². The lowest BCUT2D eigenvalue weighted by Crippen LogP contribution is -2.51. The Hall–Kier alpha value is -0.240. The summed E-state index contributed by atoms with van der Waals surface area (Å²) in [5.74, 6) is 0. The van der Waals surface area contributed by atoms with Crippen LogP contribution >= 0.6 is 0 Å². The van der Waals surface area contributed by atoms with Gasteiger partial charge in [0.2, 0.25) is 0 Å². The van der Waals surface area contributed by atoms with Crippen LogP contribution in [-0.2, 0) is 4.74 Å². The molecule has 0 aliphatic rings. The van der Waals surface area contributed by atoms with E-state index in [4.69, 9.17) is 9.84 Å². The van der Waals surface area contributed by atoms with Gasteiger partial charge < -0.3 is 30.3 Å². The molecule has 0 rings (SSSR count). The molecule has 0 bridgehead atoms. The molecule has 5 N–H and O–H groups in total. The van der Waals surface area contributed by atoms with Crippen molar-refractivity contribution in [1.82, 2.24) is 0 Å². The lowest BCUT2D eigenvalue weighted by atomic mass is 9.95. The summed E-state index contributed by atoms with van der Waals surface area (Å²) in [6, 6.07) is 0. The Balaban J connectivity index is 4.39. The molecule has 5 unspecified atom stereocenters. The van der Waals surface area contributed by atoms with Crippen LogP contribution in [0, 0.1) is 0 Å². The molecule has 0 aromatic carbocycles. The summed E-state index contributed by atoms with van der Waals surface area (Å²) in [5.41, 5.74) is 0. The van der Waals surface area contributed by atoms with Gasteiger partial charge in [-0.05, 0) is 12.8 Å². The number of aliphatic hydroxyl groups is 5. The van der Waals surface area contributed by atoms with Crippen LogP contribution in [0.2, 0.25) is 0 Å². The summed E-state index contributed by atoms with van der Waals surface area (Å²) in [6.45, 7) is 4.12. The lowest BCUT2D eigenvalue weighted by molar-refractivity contribution is -0.161. The normalized spacial score (nSPS) is 16.9. The molecule has 0 aromatic heterocycles. The SMILES string of the molecule is CCCCCCCCCOC(C(O)CCCCCCCCC)C(O)C(O)C(O)CO. The summed E-state index contributed by atoms with van der Waals surface area (Å²) < 4.78 is 5.77. The van der Waals surface area contributed by atoms with Crippen LogP contribution in [0.4, 0.5) is 0 Å². The Morgan fingerprint density at radius 3 is 1.53 bits per heavy atom. The largest absolute Gasteiger partial charge is 0.394 e. The monoisotopic (exact) mass is 434 g/mol. The number of aliphatic hydroxyl groups excluding tert-OH is 5. The maximum absolute atomic E-state index is 10.6. The number of hydrogen-bond donors (Lipinski definition) is 5. The third-order valence-electron chi connectivity index (χ3n) is 5.81. The highest BCUT2D eigenvalue weighted by Crippen LogP contribution is 2.18. The van der Waals surface area contributed by atoms with E-state index in [0.29, 0.717) is 13.0 Å². The summed E-state index contributed by atoms with van der Waals surface area (Å²) in [4.78, 5) is 0. The molecule has 6 nitrogen and oxygen atoms in total. The first-order valence-electron chi connectivity index (χ1n) is 12.4. The van der Waals surface area contributed by atoms with E-state index in [1.807, 2.05) is 0 Å². The molecular weight excluding hydrogens is 384 g/mol. The lowest BCUT2D eigenvalue weighted by Gasteiger charge is -2.32. The zero-order valence-corrected chi connectivity index (χ0v) is 19.6. The van der Waals surface area contributed by atoms with Crippen LogP contribution in [0.1, 0.15) is 110 Å². The second-order valence-electron chi connectivity index (χ2n) is 8.67. The average molecular weight is 435 g/mol. The first kappa shape index (κ1) is 29.8. The molecule has 0 saturated heterocycles. The fourth-order valence-corrected chi connectivity index (χ4v) is 3.72. The van der Waals surface area contributed by atoms with Gasteiger partial charge in [-0.3, -0.25) is 0 Å². The van der Waals surface area contributed by atoms with Gasteiger partial charge in [-0.25, -0.2) is 0 Å². The number of ether oxygens (including phenoxy) is 1. The zero-order valence-electron chi connectivity index (χ0n) is 19.6. The Morgan fingerprint density at radius 2 is 1.03 bits per heavy atom. The molecule has 0 aromatic rings. The third-order valence-corrected chi connectivity index (χ3v) is 5.81.